The van der Waals surface area contributed by atoms with E-state index in [0.29, 0.717) is 11.6 Å². The van der Waals surface area contributed by atoms with Gasteiger partial charge >= 0.3 is 0 Å². The van der Waals surface area contributed by atoms with Crippen molar-refractivity contribution in [2.24, 2.45) is 0 Å². The standard InChI is InChI=1S/C20H24N8S/c1-14-15(2)21-19-22-20(25-28(19)16(14)3)29-13-9-5-8-12-27-24-18(23-26-27)17-10-6-4-7-11-17/h4,6-7,10-11H,5,8-9,12-13H2,1-3H3. The van der Waals surface area contributed by atoms with Crippen LogP contribution in [0.1, 0.15) is 36.2 Å². The SMILES string of the molecule is Cc1nc2nc(SCCCCCn3nnc(-c4ccccc4)n3)nn2c(C)c1C. The maximum absolute atomic E-state index is 4.58. The number of unbranched alkanes of at least 4 members (excludes halogenated alkanes) is 2. The maximum atomic E-state index is 4.58. The molecule has 0 N–H and O–H groups in total. The number of aryl methyl sites for hydroxylation is 3. The van der Waals surface area contributed by atoms with Gasteiger partial charge in [-0.05, 0) is 44.4 Å². The number of hydrogen-bond acceptors (Lipinski definition) is 7. The number of thioether (sulfide) groups is 1. The van der Waals surface area contributed by atoms with Crippen molar-refractivity contribution in [1.29, 1.82) is 0 Å². The highest BCUT2D eigenvalue weighted by molar-refractivity contribution is 7.99. The van der Waals surface area contributed by atoms with E-state index in [2.05, 4.69) is 44.3 Å². The predicted octanol–water partition coefficient (Wildman–Crippen LogP) is 3.67. The zero-order chi connectivity index (χ0) is 20.2. The largest absolute Gasteiger partial charge is 0.253 e. The number of rotatable bonds is 8. The number of benzene rings is 1. The Morgan fingerprint density at radius 3 is 2.59 bits per heavy atom. The monoisotopic (exact) mass is 408 g/mol. The van der Waals surface area contributed by atoms with E-state index in [0.717, 1.165) is 59.2 Å². The first-order chi connectivity index (χ1) is 14.1. The second-order valence-electron chi connectivity index (χ2n) is 7.00. The molecule has 150 valence electrons. The van der Waals surface area contributed by atoms with Crippen LogP contribution in [0.5, 0.6) is 0 Å². The molecule has 0 radical (unpaired) electrons. The van der Waals surface area contributed by atoms with Crippen molar-refractivity contribution in [2.45, 2.75) is 51.7 Å². The topological polar surface area (TPSA) is 86.7 Å². The molecule has 0 aliphatic carbocycles. The molecule has 3 heterocycles. The molecule has 3 aromatic heterocycles. The van der Waals surface area contributed by atoms with Crippen molar-refractivity contribution in [3.05, 3.63) is 47.3 Å². The Hall–Kier alpha value is -2.81. The molecule has 4 rings (SSSR count). The molecule has 29 heavy (non-hydrogen) atoms. The van der Waals surface area contributed by atoms with E-state index in [9.17, 15) is 0 Å². The molecule has 0 saturated heterocycles. The Labute approximate surface area is 173 Å². The molecule has 8 nitrogen and oxygen atoms in total. The van der Waals surface area contributed by atoms with Gasteiger partial charge < -0.3 is 0 Å². The Bertz CT molecular complexity index is 1100. The average molecular weight is 409 g/mol. The smallest absolute Gasteiger partial charge is 0.216 e. The Kier molecular flexibility index (Phi) is 5.84. The highest BCUT2D eigenvalue weighted by Gasteiger charge is 2.11. The molecule has 0 aliphatic heterocycles. The van der Waals surface area contributed by atoms with Crippen molar-refractivity contribution in [3.63, 3.8) is 0 Å². The van der Waals surface area contributed by atoms with Gasteiger partial charge in [-0.15, -0.1) is 15.3 Å². The highest BCUT2D eigenvalue weighted by atomic mass is 32.2. The minimum absolute atomic E-state index is 0.674. The van der Waals surface area contributed by atoms with Gasteiger partial charge in [0.05, 0.1) is 6.54 Å². The average Bonchev–Trinajstić information content (AvgIpc) is 3.37. The molecule has 0 atom stereocenters. The van der Waals surface area contributed by atoms with Crippen LogP contribution >= 0.6 is 11.8 Å². The first kappa shape index (κ1) is 19.5. The second-order valence-corrected chi connectivity index (χ2v) is 8.06. The van der Waals surface area contributed by atoms with Crippen LogP contribution in [0.3, 0.4) is 0 Å². The molecule has 1 aromatic carbocycles. The minimum Gasteiger partial charge on any atom is -0.216 e. The summed E-state index contributed by atoms with van der Waals surface area (Å²) in [6, 6.07) is 9.92. The molecule has 0 saturated carbocycles. The summed E-state index contributed by atoms with van der Waals surface area (Å²) in [7, 11) is 0. The van der Waals surface area contributed by atoms with Crippen LogP contribution in [0.25, 0.3) is 17.2 Å². The molecule has 0 amide bonds. The van der Waals surface area contributed by atoms with Crippen LogP contribution in [0.4, 0.5) is 0 Å². The minimum atomic E-state index is 0.674. The summed E-state index contributed by atoms with van der Waals surface area (Å²) in [6.07, 6.45) is 3.20. The fourth-order valence-electron chi connectivity index (χ4n) is 3.03. The van der Waals surface area contributed by atoms with Crippen LogP contribution in [0.15, 0.2) is 35.5 Å². The van der Waals surface area contributed by atoms with E-state index in [1.807, 2.05) is 41.8 Å². The Morgan fingerprint density at radius 1 is 0.931 bits per heavy atom. The van der Waals surface area contributed by atoms with Gasteiger partial charge in [-0.25, -0.2) is 9.50 Å². The van der Waals surface area contributed by atoms with Gasteiger partial charge in [-0.2, -0.15) is 9.78 Å². The first-order valence-electron chi connectivity index (χ1n) is 9.78. The van der Waals surface area contributed by atoms with Gasteiger partial charge in [0.2, 0.25) is 11.0 Å². The third kappa shape index (κ3) is 4.45. The summed E-state index contributed by atoms with van der Waals surface area (Å²) in [6.45, 7) is 6.91. The number of fused-ring (bicyclic) bond motifs is 1. The summed E-state index contributed by atoms with van der Waals surface area (Å²) in [5.41, 5.74) is 4.26. The number of tetrazole rings is 1. The first-order valence-corrected chi connectivity index (χ1v) is 10.8. The van der Waals surface area contributed by atoms with E-state index in [-0.39, 0.29) is 0 Å². The predicted molar refractivity (Wildman–Crippen MR) is 113 cm³/mol. The second kappa shape index (κ2) is 8.69. The zero-order valence-electron chi connectivity index (χ0n) is 16.9. The molecular weight excluding hydrogens is 384 g/mol. The van der Waals surface area contributed by atoms with Crippen LogP contribution in [-0.4, -0.2) is 45.5 Å². The summed E-state index contributed by atoms with van der Waals surface area (Å²) >= 11 is 1.68. The normalized spacial score (nSPS) is 11.4. The van der Waals surface area contributed by atoms with Gasteiger partial charge in [0.1, 0.15) is 0 Å². The molecular formula is C20H24N8S. The molecule has 0 bridgehead atoms. The lowest BCUT2D eigenvalue weighted by atomic mass is 10.2. The molecule has 0 fully saturated rings. The van der Waals surface area contributed by atoms with Gasteiger partial charge in [-0.3, -0.25) is 0 Å². The van der Waals surface area contributed by atoms with E-state index in [1.54, 1.807) is 16.6 Å². The summed E-state index contributed by atoms with van der Waals surface area (Å²) in [5, 5.41) is 18.1. The number of aromatic nitrogens is 8. The fourth-order valence-corrected chi connectivity index (χ4v) is 3.85. The third-order valence-electron chi connectivity index (χ3n) is 4.96. The summed E-state index contributed by atoms with van der Waals surface area (Å²) < 4.78 is 1.84. The van der Waals surface area contributed by atoms with E-state index < -0.39 is 0 Å². The van der Waals surface area contributed by atoms with Crippen LogP contribution in [-0.2, 0) is 6.54 Å². The van der Waals surface area contributed by atoms with Crippen molar-refractivity contribution < 1.29 is 0 Å². The quantitative estimate of drug-likeness (QED) is 0.325. The molecule has 4 aromatic rings. The summed E-state index contributed by atoms with van der Waals surface area (Å²) in [4.78, 5) is 10.7. The lowest BCUT2D eigenvalue weighted by Gasteiger charge is -2.04. The summed E-state index contributed by atoms with van der Waals surface area (Å²) in [5.74, 6) is 2.33. The molecule has 0 spiro atoms. The van der Waals surface area contributed by atoms with Gasteiger partial charge in [-0.1, -0.05) is 48.5 Å². The molecule has 9 heteroatoms. The number of hydrogen-bond donors (Lipinski definition) is 0. The van der Waals surface area contributed by atoms with E-state index in [4.69, 9.17) is 0 Å². The molecule has 0 unspecified atom stereocenters. The van der Waals surface area contributed by atoms with Gasteiger partial charge in [0, 0.05) is 22.7 Å². The van der Waals surface area contributed by atoms with Crippen molar-refractivity contribution in [3.8, 4) is 11.4 Å². The van der Waals surface area contributed by atoms with Crippen LogP contribution < -0.4 is 0 Å². The number of nitrogens with zero attached hydrogens (tertiary/aromatic N) is 8. The van der Waals surface area contributed by atoms with Crippen LogP contribution in [0.2, 0.25) is 0 Å². The maximum Gasteiger partial charge on any atom is 0.253 e. The van der Waals surface area contributed by atoms with Crippen molar-refractivity contribution in [2.75, 3.05) is 5.75 Å². The van der Waals surface area contributed by atoms with Crippen molar-refractivity contribution >= 4 is 17.5 Å². The van der Waals surface area contributed by atoms with E-state index in [1.165, 1.54) is 0 Å². The van der Waals surface area contributed by atoms with Crippen molar-refractivity contribution in [1.82, 2.24) is 39.8 Å². The van der Waals surface area contributed by atoms with Crippen LogP contribution in [0, 0.1) is 20.8 Å². The highest BCUT2D eigenvalue weighted by Crippen LogP contribution is 2.19. The Balaban J connectivity index is 1.22. The Morgan fingerprint density at radius 2 is 1.76 bits per heavy atom. The fraction of sp³-hybridized carbons (Fsp3) is 0.400. The van der Waals surface area contributed by atoms with E-state index >= 15 is 0 Å². The zero-order valence-corrected chi connectivity index (χ0v) is 17.7. The van der Waals surface area contributed by atoms with Gasteiger partial charge in [0.15, 0.2) is 0 Å². The third-order valence-corrected chi connectivity index (χ3v) is 5.88. The molecule has 0 aliphatic rings. The lowest BCUT2D eigenvalue weighted by Crippen LogP contribution is -2.02. The van der Waals surface area contributed by atoms with Gasteiger partial charge in [0.25, 0.3) is 5.78 Å². The lowest BCUT2D eigenvalue weighted by molar-refractivity contribution is 0.487.